The van der Waals surface area contributed by atoms with Crippen LogP contribution in [0.1, 0.15) is 30.1 Å². The van der Waals surface area contributed by atoms with Crippen LogP contribution < -0.4 is 5.32 Å². The van der Waals surface area contributed by atoms with Gasteiger partial charge in [-0.05, 0) is 30.9 Å². The number of hydrogen-bond donors (Lipinski definition) is 1. The summed E-state index contributed by atoms with van der Waals surface area (Å²) in [6.45, 7) is 3.48. The fourth-order valence-corrected chi connectivity index (χ4v) is 4.51. The van der Waals surface area contributed by atoms with Crippen LogP contribution >= 0.6 is 22.7 Å². The molecule has 0 saturated heterocycles. The van der Waals surface area contributed by atoms with E-state index in [4.69, 9.17) is 9.15 Å². The molecule has 9 heteroatoms. The third-order valence-electron chi connectivity index (χ3n) is 4.26. The summed E-state index contributed by atoms with van der Waals surface area (Å²) in [6.07, 6.45) is 1.47. The Hall–Kier alpha value is -3.56. The maximum atomic E-state index is 13.1. The number of aromatic nitrogens is 2. The quantitative estimate of drug-likeness (QED) is 0.274. The Balaban J connectivity index is 1.57. The van der Waals surface area contributed by atoms with Crippen molar-refractivity contribution in [2.24, 2.45) is 0 Å². The molecule has 162 valence electrons. The number of carbonyl (C=O) groups is 2. The number of amides is 1. The lowest BCUT2D eigenvalue weighted by molar-refractivity contribution is -0.111. The van der Waals surface area contributed by atoms with Crippen LogP contribution in [0.15, 0.2) is 69.3 Å². The van der Waals surface area contributed by atoms with Crippen molar-refractivity contribution in [1.82, 2.24) is 10.2 Å². The fourth-order valence-electron chi connectivity index (χ4n) is 2.90. The van der Waals surface area contributed by atoms with Gasteiger partial charge in [0.2, 0.25) is 5.91 Å². The van der Waals surface area contributed by atoms with Gasteiger partial charge in [0.25, 0.3) is 11.8 Å². The van der Waals surface area contributed by atoms with E-state index in [-0.39, 0.29) is 24.0 Å². The predicted octanol–water partition coefficient (Wildman–Crippen LogP) is 5.79. The number of carbonyl (C=O) groups excluding carboxylic acids is 2. The standard InChI is InChI=1S/C23H19N3O4S2/c1-14(2)11-18(27)24-22-20(16(13-32-22)15-7-4-3-5-8-15)23(28)29-12-19-25-26-21(30-19)17-9-6-10-31-17/h3-11,13H,12H2,1-2H3,(H,24,27). The summed E-state index contributed by atoms with van der Waals surface area (Å²) in [5.74, 6) is -0.332. The molecule has 3 aromatic heterocycles. The summed E-state index contributed by atoms with van der Waals surface area (Å²) < 4.78 is 11.1. The monoisotopic (exact) mass is 465 g/mol. The molecule has 4 rings (SSSR count). The highest BCUT2D eigenvalue weighted by molar-refractivity contribution is 7.15. The van der Waals surface area contributed by atoms with Crippen molar-refractivity contribution in [3.05, 3.63) is 76.3 Å². The number of ether oxygens (including phenoxy) is 1. The minimum atomic E-state index is -0.589. The molecule has 0 bridgehead atoms. The topological polar surface area (TPSA) is 94.3 Å². The van der Waals surface area contributed by atoms with Gasteiger partial charge in [0.05, 0.1) is 4.88 Å². The van der Waals surface area contributed by atoms with Gasteiger partial charge >= 0.3 is 5.97 Å². The second-order valence-corrected chi connectivity index (χ2v) is 8.81. The Bertz CT molecular complexity index is 1250. The van der Waals surface area contributed by atoms with Crippen molar-refractivity contribution in [1.29, 1.82) is 0 Å². The normalized spacial score (nSPS) is 10.6. The van der Waals surface area contributed by atoms with Crippen molar-refractivity contribution >= 4 is 39.6 Å². The second kappa shape index (κ2) is 9.71. The Morgan fingerprint density at radius 1 is 1.09 bits per heavy atom. The van der Waals surface area contributed by atoms with E-state index >= 15 is 0 Å². The van der Waals surface area contributed by atoms with Crippen molar-refractivity contribution in [2.45, 2.75) is 20.5 Å². The zero-order valence-corrected chi connectivity index (χ0v) is 19.0. The van der Waals surface area contributed by atoms with Gasteiger partial charge < -0.3 is 14.5 Å². The molecule has 1 amide bonds. The number of nitrogens with one attached hydrogen (secondary N) is 1. The summed E-state index contributed by atoms with van der Waals surface area (Å²) >= 11 is 2.74. The highest BCUT2D eigenvalue weighted by Gasteiger charge is 2.23. The number of esters is 1. The largest absolute Gasteiger partial charge is 0.452 e. The number of nitrogens with zero attached hydrogens (tertiary/aromatic N) is 2. The minimum Gasteiger partial charge on any atom is -0.452 e. The van der Waals surface area contributed by atoms with Gasteiger partial charge in [-0.1, -0.05) is 42.0 Å². The highest BCUT2D eigenvalue weighted by Crippen LogP contribution is 2.36. The van der Waals surface area contributed by atoms with Crippen LogP contribution in [0.2, 0.25) is 0 Å². The Labute approximate surface area is 192 Å². The number of benzene rings is 1. The molecular weight excluding hydrogens is 446 g/mol. The molecule has 0 atom stereocenters. The number of hydrogen-bond acceptors (Lipinski definition) is 8. The van der Waals surface area contributed by atoms with E-state index in [0.29, 0.717) is 16.5 Å². The minimum absolute atomic E-state index is 0.178. The molecule has 3 heterocycles. The molecule has 0 radical (unpaired) electrons. The van der Waals surface area contributed by atoms with Crippen LogP contribution in [-0.2, 0) is 16.1 Å². The number of allylic oxidation sites excluding steroid dienone is 1. The average molecular weight is 466 g/mol. The Kier molecular flexibility index (Phi) is 6.58. The third kappa shape index (κ3) is 5.01. The van der Waals surface area contributed by atoms with Gasteiger partial charge in [-0.15, -0.1) is 32.9 Å². The number of rotatable bonds is 7. The molecule has 0 saturated carbocycles. The summed E-state index contributed by atoms with van der Waals surface area (Å²) in [4.78, 5) is 26.2. The van der Waals surface area contributed by atoms with Crippen LogP contribution in [-0.4, -0.2) is 22.1 Å². The first-order chi connectivity index (χ1) is 15.5. The molecule has 4 aromatic rings. The lowest BCUT2D eigenvalue weighted by atomic mass is 10.0. The SMILES string of the molecule is CC(C)=CC(=O)Nc1scc(-c2ccccc2)c1C(=O)OCc1nnc(-c2cccs2)o1. The van der Waals surface area contributed by atoms with E-state index in [1.54, 1.807) is 0 Å². The van der Waals surface area contributed by atoms with E-state index in [1.165, 1.54) is 28.7 Å². The molecule has 1 aromatic carbocycles. The molecule has 32 heavy (non-hydrogen) atoms. The Morgan fingerprint density at radius 3 is 2.62 bits per heavy atom. The van der Waals surface area contributed by atoms with Crippen molar-refractivity contribution in [3.8, 4) is 21.9 Å². The highest BCUT2D eigenvalue weighted by atomic mass is 32.1. The zero-order valence-electron chi connectivity index (χ0n) is 17.3. The zero-order chi connectivity index (χ0) is 22.5. The van der Waals surface area contributed by atoms with Crippen LogP contribution in [0.5, 0.6) is 0 Å². The van der Waals surface area contributed by atoms with Crippen molar-refractivity contribution in [2.75, 3.05) is 5.32 Å². The first kappa shape index (κ1) is 21.7. The summed E-state index contributed by atoms with van der Waals surface area (Å²) in [7, 11) is 0. The van der Waals surface area contributed by atoms with E-state index in [0.717, 1.165) is 16.0 Å². The summed E-state index contributed by atoms with van der Waals surface area (Å²) in [5.41, 5.74) is 2.66. The molecule has 7 nitrogen and oxygen atoms in total. The predicted molar refractivity (Wildman–Crippen MR) is 125 cm³/mol. The van der Waals surface area contributed by atoms with Gasteiger partial charge in [0, 0.05) is 17.0 Å². The number of thiophene rings is 2. The molecule has 0 spiro atoms. The number of anilines is 1. The maximum absolute atomic E-state index is 13.1. The van der Waals surface area contributed by atoms with Crippen molar-refractivity contribution < 1.29 is 18.7 Å². The van der Waals surface area contributed by atoms with E-state index in [9.17, 15) is 9.59 Å². The lowest BCUT2D eigenvalue weighted by Gasteiger charge is -2.08. The van der Waals surface area contributed by atoms with Gasteiger partial charge in [-0.3, -0.25) is 4.79 Å². The molecule has 0 aliphatic heterocycles. The van der Waals surface area contributed by atoms with Gasteiger partial charge in [-0.2, -0.15) is 0 Å². The molecular formula is C23H19N3O4S2. The molecule has 0 fully saturated rings. The maximum Gasteiger partial charge on any atom is 0.342 e. The smallest absolute Gasteiger partial charge is 0.342 e. The van der Waals surface area contributed by atoms with E-state index in [2.05, 4.69) is 15.5 Å². The molecule has 0 aliphatic rings. The van der Waals surface area contributed by atoms with E-state index < -0.39 is 5.97 Å². The Morgan fingerprint density at radius 2 is 1.91 bits per heavy atom. The average Bonchev–Trinajstić information content (AvgIpc) is 3.52. The van der Waals surface area contributed by atoms with Crippen LogP contribution in [0.25, 0.3) is 21.9 Å². The molecule has 0 unspecified atom stereocenters. The fraction of sp³-hybridized carbons (Fsp3) is 0.130. The van der Waals surface area contributed by atoms with Crippen molar-refractivity contribution in [3.63, 3.8) is 0 Å². The third-order valence-corrected chi connectivity index (χ3v) is 6.02. The lowest BCUT2D eigenvalue weighted by Crippen LogP contribution is -2.13. The summed E-state index contributed by atoms with van der Waals surface area (Å²) in [6, 6.07) is 13.2. The van der Waals surface area contributed by atoms with Gasteiger partial charge in [-0.25, -0.2) is 4.79 Å². The summed E-state index contributed by atoms with van der Waals surface area (Å²) in [5, 5.41) is 14.9. The van der Waals surface area contributed by atoms with Crippen LogP contribution in [0.4, 0.5) is 5.00 Å². The molecule has 1 N–H and O–H groups in total. The van der Waals surface area contributed by atoms with Crippen LogP contribution in [0.3, 0.4) is 0 Å². The van der Waals surface area contributed by atoms with Gasteiger partial charge in [0.15, 0.2) is 6.61 Å². The second-order valence-electron chi connectivity index (χ2n) is 6.98. The molecule has 0 aliphatic carbocycles. The van der Waals surface area contributed by atoms with Gasteiger partial charge in [0.1, 0.15) is 10.6 Å². The van der Waals surface area contributed by atoms with Crippen LogP contribution in [0, 0.1) is 0 Å². The first-order valence-electron chi connectivity index (χ1n) is 9.67. The first-order valence-corrected chi connectivity index (χ1v) is 11.4. The van der Waals surface area contributed by atoms with E-state index in [1.807, 2.05) is 67.1 Å².